The van der Waals surface area contributed by atoms with Gasteiger partial charge in [-0.05, 0) is 13.8 Å². The third-order valence-electron chi connectivity index (χ3n) is 3.27. The van der Waals surface area contributed by atoms with Crippen molar-refractivity contribution in [1.82, 2.24) is 9.97 Å². The van der Waals surface area contributed by atoms with Crippen LogP contribution in [-0.2, 0) is 0 Å². The Morgan fingerprint density at radius 3 is 2.28 bits per heavy atom. The van der Waals surface area contributed by atoms with Crippen molar-refractivity contribution in [3.8, 4) is 0 Å². The molecule has 1 aromatic rings. The van der Waals surface area contributed by atoms with Gasteiger partial charge in [-0.15, -0.1) is 0 Å². The topological polar surface area (TPSA) is 90.4 Å². The fourth-order valence-corrected chi connectivity index (χ4v) is 2.18. The monoisotopic (exact) mass is 244 g/mol. The molecule has 2 aliphatic rings. The van der Waals surface area contributed by atoms with E-state index in [0.717, 1.165) is 11.1 Å². The van der Waals surface area contributed by atoms with Gasteiger partial charge in [0.15, 0.2) is 10.8 Å². The van der Waals surface area contributed by atoms with Crippen LogP contribution in [0.25, 0.3) is 0 Å². The van der Waals surface area contributed by atoms with Crippen LogP contribution in [0.2, 0.25) is 0 Å². The van der Waals surface area contributed by atoms with Crippen LogP contribution in [0.3, 0.4) is 0 Å². The first-order chi connectivity index (χ1) is 8.54. The Bertz CT molecular complexity index is 810. The average molecular weight is 244 g/mol. The van der Waals surface area contributed by atoms with E-state index in [-0.39, 0.29) is 22.9 Å². The standard InChI is InChI=1S/C12H12N4O2/c1-5-3-7-8(4-6(5)2)14-10-9(13-7)11(17)16-12(18)15-10/h3-4,7-8H,1-2H3,(H2,14,15,16,17,18). The van der Waals surface area contributed by atoms with Gasteiger partial charge in [0.25, 0.3) is 5.56 Å². The minimum atomic E-state index is -0.556. The molecular formula is C12H12N4O2. The highest BCUT2D eigenvalue weighted by molar-refractivity contribution is 5.36. The minimum Gasteiger partial charge on any atom is -0.290 e. The molecule has 1 aliphatic heterocycles. The second-order valence-corrected chi connectivity index (χ2v) is 4.54. The number of aromatic nitrogens is 2. The number of hydrogen-bond donors (Lipinski definition) is 2. The van der Waals surface area contributed by atoms with E-state index >= 15 is 0 Å². The molecule has 3 rings (SSSR count). The molecule has 0 saturated carbocycles. The van der Waals surface area contributed by atoms with Crippen LogP contribution in [0.4, 0.5) is 0 Å². The maximum Gasteiger partial charge on any atom is 0.327 e. The van der Waals surface area contributed by atoms with Crippen LogP contribution in [0.5, 0.6) is 0 Å². The highest BCUT2D eigenvalue weighted by atomic mass is 16.2. The molecule has 0 amide bonds. The summed E-state index contributed by atoms with van der Waals surface area (Å²) in [6, 6.07) is -0.299. The Balaban J connectivity index is 2.32. The maximum absolute atomic E-state index is 11.6. The lowest BCUT2D eigenvalue weighted by Crippen LogP contribution is -2.53. The van der Waals surface area contributed by atoms with Gasteiger partial charge in [-0.25, -0.2) is 4.79 Å². The molecule has 0 fully saturated rings. The summed E-state index contributed by atoms with van der Waals surface area (Å²) >= 11 is 0. The number of fused-ring (bicyclic) bond motifs is 2. The van der Waals surface area contributed by atoms with Crippen molar-refractivity contribution in [2.75, 3.05) is 0 Å². The largest absolute Gasteiger partial charge is 0.327 e. The average Bonchev–Trinajstić information content (AvgIpc) is 2.29. The highest BCUT2D eigenvalue weighted by Gasteiger charge is 2.24. The zero-order chi connectivity index (χ0) is 12.9. The van der Waals surface area contributed by atoms with E-state index in [1.807, 2.05) is 26.0 Å². The number of nitrogens with one attached hydrogen (secondary N) is 2. The summed E-state index contributed by atoms with van der Waals surface area (Å²) in [5, 5.41) is 0.202. The van der Waals surface area contributed by atoms with Crippen molar-refractivity contribution in [3.05, 3.63) is 55.0 Å². The SMILES string of the molecule is CC1=CC2N=c3[nH]c(=O)[nH]c(=O)c3=NC2C=C1C. The molecule has 6 nitrogen and oxygen atoms in total. The van der Waals surface area contributed by atoms with Gasteiger partial charge in [0, 0.05) is 0 Å². The van der Waals surface area contributed by atoms with E-state index < -0.39 is 11.2 Å². The second-order valence-electron chi connectivity index (χ2n) is 4.54. The first-order valence-corrected chi connectivity index (χ1v) is 5.70. The van der Waals surface area contributed by atoms with E-state index in [4.69, 9.17) is 0 Å². The van der Waals surface area contributed by atoms with Gasteiger partial charge in [-0.3, -0.25) is 24.7 Å². The minimum absolute atomic E-state index is 0.140. The van der Waals surface area contributed by atoms with Crippen molar-refractivity contribution in [2.24, 2.45) is 9.98 Å². The molecule has 2 unspecified atom stereocenters. The van der Waals surface area contributed by atoms with E-state index in [1.54, 1.807) is 0 Å². The summed E-state index contributed by atoms with van der Waals surface area (Å²) in [4.78, 5) is 36.2. The van der Waals surface area contributed by atoms with E-state index in [0.29, 0.717) is 0 Å². The molecule has 0 spiro atoms. The lowest BCUT2D eigenvalue weighted by molar-refractivity contribution is 0.617. The quantitative estimate of drug-likeness (QED) is 0.610. The first kappa shape index (κ1) is 10.9. The van der Waals surface area contributed by atoms with Crippen LogP contribution in [0, 0.1) is 0 Å². The molecular weight excluding hydrogens is 232 g/mol. The summed E-state index contributed by atoms with van der Waals surface area (Å²) in [5.41, 5.74) is 1.50. The first-order valence-electron chi connectivity index (χ1n) is 5.70. The lowest BCUT2D eigenvalue weighted by atomic mass is 9.93. The summed E-state index contributed by atoms with van der Waals surface area (Å²) in [6.07, 6.45) is 4.00. The molecule has 2 atom stereocenters. The van der Waals surface area contributed by atoms with Crippen LogP contribution >= 0.6 is 0 Å². The molecule has 2 N–H and O–H groups in total. The zero-order valence-corrected chi connectivity index (χ0v) is 10.0. The molecule has 6 heteroatoms. The Morgan fingerprint density at radius 1 is 1.00 bits per heavy atom. The molecule has 0 saturated heterocycles. The van der Waals surface area contributed by atoms with E-state index in [9.17, 15) is 9.59 Å². The molecule has 0 radical (unpaired) electrons. The van der Waals surface area contributed by atoms with E-state index in [1.165, 1.54) is 0 Å². The number of allylic oxidation sites excluding steroid dienone is 2. The number of nitrogens with zero attached hydrogens (tertiary/aromatic N) is 2. The van der Waals surface area contributed by atoms with Gasteiger partial charge in [-0.2, -0.15) is 0 Å². The number of aromatic amines is 2. The van der Waals surface area contributed by atoms with Crippen molar-refractivity contribution in [1.29, 1.82) is 0 Å². The normalized spacial score (nSPS) is 25.0. The van der Waals surface area contributed by atoms with Crippen molar-refractivity contribution in [2.45, 2.75) is 25.9 Å². The maximum atomic E-state index is 11.6. The van der Waals surface area contributed by atoms with Gasteiger partial charge in [0.2, 0.25) is 0 Å². The van der Waals surface area contributed by atoms with Gasteiger partial charge in [0.05, 0.1) is 12.1 Å². The Labute approximate surface area is 102 Å². The zero-order valence-electron chi connectivity index (χ0n) is 10.0. The fraction of sp³-hybridized carbons (Fsp3) is 0.333. The lowest BCUT2D eigenvalue weighted by Gasteiger charge is -2.23. The van der Waals surface area contributed by atoms with Crippen LogP contribution in [-0.4, -0.2) is 22.1 Å². The molecule has 18 heavy (non-hydrogen) atoms. The van der Waals surface area contributed by atoms with Crippen molar-refractivity contribution < 1.29 is 0 Å². The van der Waals surface area contributed by atoms with Crippen LogP contribution in [0.15, 0.2) is 42.9 Å². The molecule has 1 aromatic heterocycles. The predicted molar refractivity (Wildman–Crippen MR) is 65.1 cm³/mol. The third kappa shape index (κ3) is 1.57. The Morgan fingerprint density at radius 2 is 1.61 bits per heavy atom. The fourth-order valence-electron chi connectivity index (χ4n) is 2.18. The predicted octanol–water partition coefficient (Wildman–Crippen LogP) is -1.04. The molecule has 0 bridgehead atoms. The second kappa shape index (κ2) is 3.63. The third-order valence-corrected chi connectivity index (χ3v) is 3.27. The number of hydrogen-bond acceptors (Lipinski definition) is 4. The van der Waals surface area contributed by atoms with Gasteiger partial charge < -0.3 is 0 Å². The highest BCUT2D eigenvalue weighted by Crippen LogP contribution is 2.22. The molecule has 1 aliphatic carbocycles. The molecule has 92 valence electrons. The smallest absolute Gasteiger partial charge is 0.290 e. The number of rotatable bonds is 0. The van der Waals surface area contributed by atoms with Gasteiger partial charge >= 0.3 is 5.69 Å². The Kier molecular flexibility index (Phi) is 2.19. The van der Waals surface area contributed by atoms with E-state index in [2.05, 4.69) is 20.0 Å². The van der Waals surface area contributed by atoms with Crippen molar-refractivity contribution >= 4 is 0 Å². The molecule has 0 aromatic carbocycles. The van der Waals surface area contributed by atoms with Crippen molar-refractivity contribution in [3.63, 3.8) is 0 Å². The summed E-state index contributed by atoms with van der Waals surface area (Å²) < 4.78 is 0. The molecule has 2 heterocycles. The summed E-state index contributed by atoms with van der Waals surface area (Å²) in [6.45, 7) is 4.01. The van der Waals surface area contributed by atoms with Gasteiger partial charge in [-0.1, -0.05) is 23.3 Å². The summed E-state index contributed by atoms with van der Waals surface area (Å²) in [5.74, 6) is 0. The van der Waals surface area contributed by atoms with Crippen LogP contribution in [0.1, 0.15) is 13.8 Å². The Hall–Kier alpha value is -2.24. The van der Waals surface area contributed by atoms with Crippen LogP contribution < -0.4 is 22.1 Å². The number of H-pyrrole nitrogens is 2. The van der Waals surface area contributed by atoms with Gasteiger partial charge in [0.1, 0.15) is 0 Å². The summed E-state index contributed by atoms with van der Waals surface area (Å²) in [7, 11) is 0.